The van der Waals surface area contributed by atoms with Crippen molar-refractivity contribution < 1.29 is 18.8 Å². The first-order valence-electron chi connectivity index (χ1n) is 9.04. The molecule has 1 aromatic heterocycles. The van der Waals surface area contributed by atoms with Gasteiger partial charge in [0.1, 0.15) is 11.1 Å². The number of rotatable bonds is 6. The van der Waals surface area contributed by atoms with Crippen LogP contribution in [0.3, 0.4) is 0 Å². The van der Waals surface area contributed by atoms with Crippen molar-refractivity contribution in [3.05, 3.63) is 51.9 Å². The molecule has 8 nitrogen and oxygen atoms in total. The molecule has 1 atom stereocenters. The second kappa shape index (κ2) is 7.67. The van der Waals surface area contributed by atoms with Crippen molar-refractivity contribution >= 4 is 34.4 Å². The zero-order valence-corrected chi connectivity index (χ0v) is 15.9. The van der Waals surface area contributed by atoms with E-state index in [0.717, 1.165) is 24.9 Å². The van der Waals surface area contributed by atoms with E-state index in [9.17, 15) is 19.2 Å². The topological polar surface area (TPSA) is 109 Å². The molecule has 1 aromatic carbocycles. The molecule has 0 saturated carbocycles. The van der Waals surface area contributed by atoms with Crippen molar-refractivity contribution in [3.8, 4) is 0 Å². The maximum atomic E-state index is 12.5. The number of carbonyl (C=O) groups excluding carboxylic acids is 3. The fourth-order valence-corrected chi connectivity index (χ4v) is 3.14. The molecule has 0 saturated heterocycles. The van der Waals surface area contributed by atoms with Gasteiger partial charge in [-0.15, -0.1) is 0 Å². The van der Waals surface area contributed by atoms with Crippen LogP contribution in [0.1, 0.15) is 31.1 Å². The van der Waals surface area contributed by atoms with Gasteiger partial charge in [-0.05, 0) is 39.0 Å². The Kier molecular flexibility index (Phi) is 5.30. The summed E-state index contributed by atoms with van der Waals surface area (Å²) >= 11 is 0. The number of fused-ring (bicyclic) bond motifs is 1. The number of anilines is 1. The average Bonchev–Trinajstić information content (AvgIpc) is 3.00. The molecule has 0 radical (unpaired) electrons. The largest absolute Gasteiger partial charge is 0.422 e. The Labute approximate surface area is 161 Å². The molecule has 146 valence electrons. The third-order valence-corrected chi connectivity index (χ3v) is 4.69. The monoisotopic (exact) mass is 383 g/mol. The van der Waals surface area contributed by atoms with Gasteiger partial charge in [0.05, 0.1) is 6.04 Å². The molecule has 2 aromatic rings. The van der Waals surface area contributed by atoms with E-state index < -0.39 is 29.4 Å². The molecule has 0 bridgehead atoms. The van der Waals surface area contributed by atoms with Crippen LogP contribution in [0, 0.1) is 0 Å². The Morgan fingerprint density at radius 3 is 2.50 bits per heavy atom. The first-order valence-corrected chi connectivity index (χ1v) is 9.04. The van der Waals surface area contributed by atoms with Crippen LogP contribution in [0.15, 0.2) is 45.1 Å². The third kappa shape index (κ3) is 3.66. The quantitative estimate of drug-likeness (QED) is 0.576. The summed E-state index contributed by atoms with van der Waals surface area (Å²) in [5, 5.41) is 5.28. The number of hydrogen-bond donors (Lipinski definition) is 2. The number of nitrogens with zero attached hydrogens (tertiary/aromatic N) is 1. The van der Waals surface area contributed by atoms with Crippen LogP contribution in [-0.4, -0.2) is 36.9 Å². The molecular formula is C20H21N3O5. The maximum Gasteiger partial charge on any atom is 0.349 e. The molecular weight excluding hydrogens is 362 g/mol. The fourth-order valence-electron chi connectivity index (χ4n) is 3.14. The number of nitrogens with one attached hydrogen (secondary N) is 2. The summed E-state index contributed by atoms with van der Waals surface area (Å²) in [7, 11) is 0. The van der Waals surface area contributed by atoms with Gasteiger partial charge in [0.2, 0.25) is 0 Å². The van der Waals surface area contributed by atoms with Gasteiger partial charge < -0.3 is 14.6 Å². The van der Waals surface area contributed by atoms with Gasteiger partial charge in [0.15, 0.2) is 0 Å². The normalized spacial score (nSPS) is 14.6. The van der Waals surface area contributed by atoms with Gasteiger partial charge in [-0.1, -0.05) is 0 Å². The minimum Gasteiger partial charge on any atom is -0.422 e. The highest BCUT2D eigenvalue weighted by atomic mass is 16.4. The van der Waals surface area contributed by atoms with Crippen LogP contribution >= 0.6 is 0 Å². The number of amides is 3. The lowest BCUT2D eigenvalue weighted by Gasteiger charge is -2.21. The van der Waals surface area contributed by atoms with Crippen LogP contribution in [0.2, 0.25) is 0 Å². The predicted molar refractivity (Wildman–Crippen MR) is 104 cm³/mol. The summed E-state index contributed by atoms with van der Waals surface area (Å²) in [5.41, 5.74) is 0.514. The number of carbonyl (C=O) groups is 3. The second-order valence-electron chi connectivity index (χ2n) is 6.46. The Bertz CT molecular complexity index is 1050. The molecule has 3 amide bonds. The van der Waals surface area contributed by atoms with Crippen molar-refractivity contribution in [1.82, 2.24) is 10.6 Å². The van der Waals surface area contributed by atoms with Gasteiger partial charge in [-0.2, -0.15) is 0 Å². The van der Waals surface area contributed by atoms with Crippen LogP contribution in [0.25, 0.3) is 11.0 Å². The fraction of sp³-hybridized carbons (Fsp3) is 0.300. The van der Waals surface area contributed by atoms with E-state index in [1.165, 1.54) is 6.07 Å². The predicted octanol–water partition coefficient (Wildman–Crippen LogP) is 1.34. The average molecular weight is 383 g/mol. The summed E-state index contributed by atoms with van der Waals surface area (Å²) < 4.78 is 5.35. The van der Waals surface area contributed by atoms with E-state index in [1.54, 1.807) is 19.1 Å². The van der Waals surface area contributed by atoms with Crippen LogP contribution in [-0.2, 0) is 9.59 Å². The molecule has 28 heavy (non-hydrogen) atoms. The van der Waals surface area contributed by atoms with Crippen molar-refractivity contribution in [3.63, 3.8) is 0 Å². The number of imide groups is 1. The van der Waals surface area contributed by atoms with E-state index in [4.69, 9.17) is 4.42 Å². The molecule has 0 spiro atoms. The standard InChI is InChI=1S/C20H21N3O5/c1-4-23(5-2)13-7-6-12-8-15(20(27)28-16(12)9-13)19(26)21-11(3)14-10-17(24)22-18(14)25/h6-11H,4-5H2,1-3H3,(H,21,26)(H,22,24,25). The summed E-state index contributed by atoms with van der Waals surface area (Å²) in [6, 6.07) is 6.19. The SMILES string of the molecule is CCN(CC)c1ccc2cc(C(=O)NC(C)C3=CC(=O)NC3=O)c(=O)oc2c1. The van der Waals surface area contributed by atoms with E-state index >= 15 is 0 Å². The molecule has 8 heteroatoms. The van der Waals surface area contributed by atoms with Gasteiger partial charge in [-0.25, -0.2) is 4.79 Å². The lowest BCUT2D eigenvalue weighted by molar-refractivity contribution is -0.123. The lowest BCUT2D eigenvalue weighted by atomic mass is 10.1. The van der Waals surface area contributed by atoms with E-state index in [2.05, 4.69) is 15.5 Å². The van der Waals surface area contributed by atoms with Crippen molar-refractivity contribution in [2.45, 2.75) is 26.8 Å². The highest BCUT2D eigenvalue weighted by Crippen LogP contribution is 2.22. The zero-order chi connectivity index (χ0) is 20.4. The summed E-state index contributed by atoms with van der Waals surface area (Å²) in [4.78, 5) is 49.9. The highest BCUT2D eigenvalue weighted by molar-refractivity contribution is 6.17. The van der Waals surface area contributed by atoms with Crippen molar-refractivity contribution in [1.29, 1.82) is 0 Å². The summed E-state index contributed by atoms with van der Waals surface area (Å²) in [6.45, 7) is 7.26. The zero-order valence-electron chi connectivity index (χ0n) is 15.9. The third-order valence-electron chi connectivity index (χ3n) is 4.69. The lowest BCUT2D eigenvalue weighted by Crippen LogP contribution is -2.38. The summed E-state index contributed by atoms with van der Waals surface area (Å²) in [6.07, 6.45) is 1.13. The second-order valence-corrected chi connectivity index (χ2v) is 6.46. The molecule has 1 aliphatic heterocycles. The molecule has 2 N–H and O–H groups in total. The van der Waals surface area contributed by atoms with E-state index in [0.29, 0.717) is 11.0 Å². The first-order chi connectivity index (χ1) is 13.3. The van der Waals surface area contributed by atoms with Gasteiger partial charge in [-0.3, -0.25) is 19.7 Å². The van der Waals surface area contributed by atoms with Gasteiger partial charge in [0.25, 0.3) is 17.7 Å². The Balaban J connectivity index is 1.87. The van der Waals surface area contributed by atoms with Gasteiger partial charge in [0, 0.05) is 41.9 Å². The molecule has 2 heterocycles. The Hall–Kier alpha value is -3.42. The summed E-state index contributed by atoms with van der Waals surface area (Å²) in [5.74, 6) is -1.77. The first kappa shape index (κ1) is 19.3. The minimum atomic E-state index is -0.769. The van der Waals surface area contributed by atoms with Crippen LogP contribution in [0.5, 0.6) is 0 Å². The minimum absolute atomic E-state index is 0.132. The number of benzene rings is 1. The van der Waals surface area contributed by atoms with E-state index in [-0.39, 0.29) is 11.1 Å². The maximum absolute atomic E-state index is 12.5. The van der Waals surface area contributed by atoms with Gasteiger partial charge >= 0.3 is 5.63 Å². The molecule has 1 unspecified atom stereocenters. The van der Waals surface area contributed by atoms with E-state index in [1.807, 2.05) is 19.9 Å². The smallest absolute Gasteiger partial charge is 0.349 e. The molecule has 0 aliphatic carbocycles. The Morgan fingerprint density at radius 2 is 1.89 bits per heavy atom. The number of hydrogen-bond acceptors (Lipinski definition) is 6. The molecule has 1 aliphatic rings. The highest BCUT2D eigenvalue weighted by Gasteiger charge is 2.27. The van der Waals surface area contributed by atoms with Crippen LogP contribution < -0.4 is 21.2 Å². The Morgan fingerprint density at radius 1 is 1.18 bits per heavy atom. The molecule has 3 rings (SSSR count). The van der Waals surface area contributed by atoms with Crippen LogP contribution in [0.4, 0.5) is 5.69 Å². The van der Waals surface area contributed by atoms with Crippen molar-refractivity contribution in [2.24, 2.45) is 0 Å². The molecule has 0 fully saturated rings. The van der Waals surface area contributed by atoms with Crippen molar-refractivity contribution in [2.75, 3.05) is 18.0 Å².